The number of likely N-dealkylation sites (tertiary alicyclic amines) is 2. The third-order valence-corrected chi connectivity index (χ3v) is 6.00. The van der Waals surface area contributed by atoms with Crippen molar-refractivity contribution in [2.45, 2.75) is 51.1 Å². The van der Waals surface area contributed by atoms with Gasteiger partial charge in [-0.05, 0) is 51.4 Å². The number of pyridine rings is 1. The highest BCUT2D eigenvalue weighted by Gasteiger charge is 2.26. The highest BCUT2D eigenvalue weighted by Crippen LogP contribution is 2.27. The zero-order valence-corrected chi connectivity index (χ0v) is 16.3. The fourth-order valence-electron chi connectivity index (χ4n) is 4.42. The predicted octanol–water partition coefficient (Wildman–Crippen LogP) is 2.16. The van der Waals surface area contributed by atoms with Gasteiger partial charge in [0.2, 0.25) is 0 Å². The van der Waals surface area contributed by atoms with Crippen molar-refractivity contribution in [1.29, 1.82) is 0 Å². The Morgan fingerprint density at radius 3 is 2.67 bits per heavy atom. The minimum absolute atomic E-state index is 0.434. The minimum atomic E-state index is 0.434. The van der Waals surface area contributed by atoms with Crippen molar-refractivity contribution in [3.63, 3.8) is 0 Å². The van der Waals surface area contributed by atoms with Crippen molar-refractivity contribution in [1.82, 2.24) is 29.5 Å². The zero-order chi connectivity index (χ0) is 18.6. The van der Waals surface area contributed by atoms with E-state index in [0.29, 0.717) is 11.7 Å². The molecule has 2 aromatic rings. The molecule has 2 aromatic heterocycles. The summed E-state index contributed by atoms with van der Waals surface area (Å²) in [7, 11) is 2.13. The molecule has 0 aromatic carbocycles. The Bertz CT molecular complexity index is 751. The van der Waals surface area contributed by atoms with Crippen molar-refractivity contribution in [3.05, 3.63) is 35.5 Å². The number of rotatable bonds is 5. The largest absolute Gasteiger partial charge is 0.383 e. The lowest BCUT2D eigenvalue weighted by atomic mass is 9.96. The van der Waals surface area contributed by atoms with Crippen molar-refractivity contribution in [3.8, 4) is 0 Å². The van der Waals surface area contributed by atoms with Gasteiger partial charge in [-0.15, -0.1) is 10.2 Å². The molecule has 146 valence electrons. The van der Waals surface area contributed by atoms with E-state index in [4.69, 9.17) is 5.73 Å². The van der Waals surface area contributed by atoms with E-state index in [-0.39, 0.29) is 0 Å². The van der Waals surface area contributed by atoms with Crippen LogP contribution in [-0.2, 0) is 20.1 Å². The van der Waals surface area contributed by atoms with Crippen LogP contribution < -0.4 is 5.73 Å². The Morgan fingerprint density at radius 2 is 1.85 bits per heavy atom. The fourth-order valence-corrected chi connectivity index (χ4v) is 4.42. The maximum Gasteiger partial charge on any atom is 0.146 e. The number of nitrogen functional groups attached to an aromatic ring is 1. The average molecular weight is 370 g/mol. The van der Waals surface area contributed by atoms with Gasteiger partial charge in [0.15, 0.2) is 0 Å². The first-order valence-corrected chi connectivity index (χ1v) is 10.2. The molecule has 27 heavy (non-hydrogen) atoms. The summed E-state index contributed by atoms with van der Waals surface area (Å²) in [6, 6.07) is 4.04. The summed E-state index contributed by atoms with van der Waals surface area (Å²) >= 11 is 0. The number of nitrogens with zero attached hydrogens (tertiary/aromatic N) is 6. The van der Waals surface area contributed by atoms with E-state index in [1.165, 1.54) is 45.2 Å². The van der Waals surface area contributed by atoms with Crippen LogP contribution in [0.1, 0.15) is 55.2 Å². The Hall–Kier alpha value is -1.99. The summed E-state index contributed by atoms with van der Waals surface area (Å²) in [6.45, 7) is 6.26. The molecular weight excluding hydrogens is 338 g/mol. The van der Waals surface area contributed by atoms with E-state index in [1.807, 2.05) is 6.07 Å². The summed E-state index contributed by atoms with van der Waals surface area (Å²) in [6.07, 6.45) is 8.08. The molecule has 2 aliphatic heterocycles. The van der Waals surface area contributed by atoms with E-state index in [0.717, 1.165) is 43.4 Å². The number of hydrogen-bond acceptors (Lipinski definition) is 6. The highest BCUT2D eigenvalue weighted by atomic mass is 15.3. The number of piperidine rings is 2. The molecular formula is C20H31N7. The van der Waals surface area contributed by atoms with Crippen LogP contribution in [-0.4, -0.2) is 55.7 Å². The maximum atomic E-state index is 6.03. The van der Waals surface area contributed by atoms with Crippen LogP contribution in [0.15, 0.2) is 18.3 Å². The molecule has 7 nitrogen and oxygen atoms in total. The zero-order valence-electron chi connectivity index (χ0n) is 16.3. The molecule has 0 amide bonds. The first kappa shape index (κ1) is 18.4. The molecule has 0 bridgehead atoms. The van der Waals surface area contributed by atoms with Gasteiger partial charge in [0.05, 0.1) is 6.54 Å². The minimum Gasteiger partial charge on any atom is -0.383 e. The third-order valence-electron chi connectivity index (χ3n) is 6.00. The van der Waals surface area contributed by atoms with Crippen LogP contribution in [0.3, 0.4) is 0 Å². The van der Waals surface area contributed by atoms with Crippen molar-refractivity contribution < 1.29 is 0 Å². The normalized spacial score (nSPS) is 22.2. The van der Waals surface area contributed by atoms with Gasteiger partial charge in [0, 0.05) is 37.8 Å². The number of hydrogen-bond donors (Lipinski definition) is 1. The van der Waals surface area contributed by atoms with Crippen LogP contribution >= 0.6 is 0 Å². The first-order chi connectivity index (χ1) is 13.2. The smallest absolute Gasteiger partial charge is 0.146 e. The SMILES string of the molecule is Cn1c(CN2CCCCC2)nnc1[C@@H]1CCCN(Cc2cccnc2N)C1. The Balaban J connectivity index is 1.41. The average Bonchev–Trinajstić information content (AvgIpc) is 3.05. The Morgan fingerprint density at radius 1 is 1.04 bits per heavy atom. The number of aromatic nitrogens is 4. The standard InChI is InChI=1S/C20H31N7/c1-25-18(15-26-10-3-2-4-11-26)23-24-20(25)17-8-6-12-27(14-17)13-16-7-5-9-22-19(16)21/h5,7,9,17H,2-4,6,8,10-15H2,1H3,(H2,21,22)/t17-/m1/s1. The summed E-state index contributed by atoms with van der Waals surface area (Å²) in [5.41, 5.74) is 7.14. The van der Waals surface area contributed by atoms with Crippen LogP contribution in [0.25, 0.3) is 0 Å². The Kier molecular flexibility index (Phi) is 5.69. The lowest BCUT2D eigenvalue weighted by molar-refractivity contribution is 0.194. The predicted molar refractivity (Wildman–Crippen MR) is 106 cm³/mol. The molecule has 2 fully saturated rings. The molecule has 0 spiro atoms. The van der Waals surface area contributed by atoms with Gasteiger partial charge in [-0.2, -0.15) is 0 Å². The van der Waals surface area contributed by atoms with Gasteiger partial charge >= 0.3 is 0 Å². The van der Waals surface area contributed by atoms with E-state index >= 15 is 0 Å². The Labute approximate surface area is 161 Å². The molecule has 2 aliphatic rings. The second-order valence-corrected chi connectivity index (χ2v) is 7.99. The molecule has 1 atom stereocenters. The summed E-state index contributed by atoms with van der Waals surface area (Å²) in [4.78, 5) is 9.20. The second-order valence-electron chi connectivity index (χ2n) is 7.99. The number of anilines is 1. The quantitative estimate of drug-likeness (QED) is 0.870. The molecule has 0 unspecified atom stereocenters. The molecule has 4 rings (SSSR count). The van der Waals surface area contributed by atoms with Gasteiger partial charge in [0.1, 0.15) is 17.5 Å². The third kappa shape index (κ3) is 4.30. The van der Waals surface area contributed by atoms with Crippen LogP contribution in [0.4, 0.5) is 5.82 Å². The summed E-state index contributed by atoms with van der Waals surface area (Å²) in [5.74, 6) is 3.30. The van der Waals surface area contributed by atoms with Gasteiger partial charge in [-0.3, -0.25) is 9.80 Å². The van der Waals surface area contributed by atoms with E-state index in [2.05, 4.69) is 42.7 Å². The van der Waals surface area contributed by atoms with Gasteiger partial charge in [-0.25, -0.2) is 4.98 Å². The first-order valence-electron chi connectivity index (χ1n) is 10.2. The number of nitrogens with two attached hydrogens (primary N) is 1. The highest BCUT2D eigenvalue weighted by molar-refractivity contribution is 5.38. The molecule has 2 N–H and O–H groups in total. The van der Waals surface area contributed by atoms with Crippen LogP contribution in [0.2, 0.25) is 0 Å². The summed E-state index contributed by atoms with van der Waals surface area (Å²) < 4.78 is 2.24. The molecule has 0 saturated carbocycles. The monoisotopic (exact) mass is 369 g/mol. The van der Waals surface area contributed by atoms with Crippen molar-refractivity contribution in [2.24, 2.45) is 7.05 Å². The molecule has 4 heterocycles. The van der Waals surface area contributed by atoms with Crippen LogP contribution in [0, 0.1) is 0 Å². The van der Waals surface area contributed by atoms with Gasteiger partial charge in [0.25, 0.3) is 0 Å². The lowest BCUT2D eigenvalue weighted by Crippen LogP contribution is -2.35. The van der Waals surface area contributed by atoms with E-state index < -0.39 is 0 Å². The van der Waals surface area contributed by atoms with Crippen LogP contribution in [0.5, 0.6) is 0 Å². The maximum absolute atomic E-state index is 6.03. The fraction of sp³-hybridized carbons (Fsp3) is 0.650. The molecule has 0 radical (unpaired) electrons. The molecule has 0 aliphatic carbocycles. The lowest BCUT2D eigenvalue weighted by Gasteiger charge is -2.32. The van der Waals surface area contributed by atoms with Crippen molar-refractivity contribution >= 4 is 5.82 Å². The van der Waals surface area contributed by atoms with E-state index in [1.54, 1.807) is 6.20 Å². The summed E-state index contributed by atoms with van der Waals surface area (Å²) in [5, 5.41) is 9.12. The second kappa shape index (κ2) is 8.35. The van der Waals surface area contributed by atoms with Crippen molar-refractivity contribution in [2.75, 3.05) is 31.9 Å². The van der Waals surface area contributed by atoms with Gasteiger partial charge < -0.3 is 10.3 Å². The van der Waals surface area contributed by atoms with E-state index in [9.17, 15) is 0 Å². The topological polar surface area (TPSA) is 76.1 Å². The molecule has 7 heteroatoms. The molecule has 2 saturated heterocycles. The van der Waals surface area contributed by atoms with Gasteiger partial charge in [-0.1, -0.05) is 12.5 Å².